The van der Waals surface area contributed by atoms with Gasteiger partial charge in [-0.25, -0.2) is 9.97 Å². The minimum absolute atomic E-state index is 0.268. The zero-order chi connectivity index (χ0) is 10.5. The third-order valence-electron chi connectivity index (χ3n) is 1.86. The maximum Gasteiger partial charge on any atom is 0.220 e. The highest BCUT2D eigenvalue weighted by atomic mass is 16.5. The largest absolute Gasteiger partial charge is 0.487 e. The first kappa shape index (κ1) is 9.45. The molecule has 15 heavy (non-hydrogen) atoms. The fourth-order valence-electron chi connectivity index (χ4n) is 1.17. The first-order valence-corrected chi connectivity index (χ1v) is 4.60. The molecule has 0 atom stereocenters. The van der Waals surface area contributed by atoms with Crippen molar-refractivity contribution in [2.45, 2.75) is 6.61 Å². The lowest BCUT2D eigenvalue weighted by atomic mass is 10.3. The van der Waals surface area contributed by atoms with Crippen molar-refractivity contribution in [2.24, 2.45) is 0 Å². The fraction of sp³-hybridized carbons (Fsp3) is 0.0909. The van der Waals surface area contributed by atoms with Gasteiger partial charge in [-0.3, -0.25) is 0 Å². The Kier molecular flexibility index (Phi) is 2.78. The van der Waals surface area contributed by atoms with Crippen LogP contribution in [-0.4, -0.2) is 9.97 Å². The van der Waals surface area contributed by atoms with Crippen LogP contribution in [0.15, 0.2) is 42.6 Å². The fourth-order valence-corrected chi connectivity index (χ4v) is 1.17. The lowest BCUT2D eigenvalue weighted by Gasteiger charge is -2.04. The number of benzene rings is 1. The molecule has 0 amide bonds. The van der Waals surface area contributed by atoms with Gasteiger partial charge in [0.1, 0.15) is 12.4 Å². The Bertz CT molecular complexity index is 431. The molecule has 1 heterocycles. The summed E-state index contributed by atoms with van der Waals surface area (Å²) in [5.74, 6) is 1.08. The number of nitrogens with zero attached hydrogens (tertiary/aromatic N) is 2. The van der Waals surface area contributed by atoms with Crippen molar-refractivity contribution >= 4 is 5.95 Å². The lowest BCUT2D eigenvalue weighted by molar-refractivity contribution is 0.301. The van der Waals surface area contributed by atoms with E-state index in [1.807, 2.05) is 30.3 Å². The Morgan fingerprint density at radius 3 is 2.67 bits per heavy atom. The second-order valence-corrected chi connectivity index (χ2v) is 3.01. The summed E-state index contributed by atoms with van der Waals surface area (Å²) in [6, 6.07) is 11.3. The summed E-state index contributed by atoms with van der Waals surface area (Å²) >= 11 is 0. The molecule has 2 rings (SSSR count). The van der Waals surface area contributed by atoms with Gasteiger partial charge in [-0.2, -0.15) is 0 Å². The van der Waals surface area contributed by atoms with Crippen LogP contribution in [0.1, 0.15) is 5.69 Å². The number of para-hydroxylation sites is 1. The Morgan fingerprint density at radius 1 is 1.13 bits per heavy atom. The number of nitrogens with two attached hydrogens (primary N) is 1. The topological polar surface area (TPSA) is 61.0 Å². The molecule has 0 radical (unpaired) electrons. The number of hydrogen-bond donors (Lipinski definition) is 1. The molecule has 0 aliphatic rings. The molecule has 4 heteroatoms. The van der Waals surface area contributed by atoms with E-state index in [2.05, 4.69) is 9.97 Å². The minimum Gasteiger partial charge on any atom is -0.487 e. The van der Waals surface area contributed by atoms with Gasteiger partial charge in [0.2, 0.25) is 5.95 Å². The second-order valence-electron chi connectivity index (χ2n) is 3.01. The van der Waals surface area contributed by atoms with Crippen LogP contribution in [0.3, 0.4) is 0 Å². The average Bonchev–Trinajstić information content (AvgIpc) is 2.28. The van der Waals surface area contributed by atoms with Crippen LogP contribution in [0.5, 0.6) is 5.75 Å². The Labute approximate surface area is 87.7 Å². The van der Waals surface area contributed by atoms with E-state index in [4.69, 9.17) is 10.5 Å². The molecule has 0 aliphatic carbocycles. The SMILES string of the molecule is Nc1nccc(COc2ccccc2)n1. The van der Waals surface area contributed by atoms with Crippen LogP contribution < -0.4 is 10.5 Å². The highest BCUT2D eigenvalue weighted by Gasteiger charge is 1.97. The van der Waals surface area contributed by atoms with Gasteiger partial charge in [-0.15, -0.1) is 0 Å². The third-order valence-corrected chi connectivity index (χ3v) is 1.86. The molecule has 0 fully saturated rings. The zero-order valence-electron chi connectivity index (χ0n) is 8.13. The van der Waals surface area contributed by atoms with Gasteiger partial charge in [0.15, 0.2) is 0 Å². The normalized spacial score (nSPS) is 9.87. The molecule has 0 aliphatic heterocycles. The summed E-state index contributed by atoms with van der Waals surface area (Å²) in [5, 5.41) is 0. The van der Waals surface area contributed by atoms with Crippen molar-refractivity contribution in [3.8, 4) is 5.75 Å². The smallest absolute Gasteiger partial charge is 0.220 e. The first-order valence-electron chi connectivity index (χ1n) is 4.60. The maximum absolute atomic E-state index is 5.50. The van der Waals surface area contributed by atoms with Gasteiger partial charge < -0.3 is 10.5 Å². The Balaban J connectivity index is 1.99. The molecule has 76 valence electrons. The Morgan fingerprint density at radius 2 is 1.93 bits per heavy atom. The predicted octanol–water partition coefficient (Wildman–Crippen LogP) is 1.64. The molecule has 0 saturated carbocycles. The summed E-state index contributed by atoms with van der Waals surface area (Å²) < 4.78 is 5.50. The van der Waals surface area contributed by atoms with Crippen LogP contribution in [-0.2, 0) is 6.61 Å². The van der Waals surface area contributed by atoms with Gasteiger partial charge in [-0.1, -0.05) is 18.2 Å². The first-order chi connectivity index (χ1) is 7.34. The van der Waals surface area contributed by atoms with E-state index in [9.17, 15) is 0 Å². The molecule has 0 bridgehead atoms. The van der Waals surface area contributed by atoms with Crippen molar-refractivity contribution in [3.05, 3.63) is 48.3 Å². The van der Waals surface area contributed by atoms with Crippen molar-refractivity contribution < 1.29 is 4.74 Å². The highest BCUT2D eigenvalue weighted by molar-refractivity contribution is 5.22. The number of ether oxygens (including phenoxy) is 1. The number of nitrogen functional groups attached to an aromatic ring is 1. The van der Waals surface area contributed by atoms with Crippen molar-refractivity contribution in [1.82, 2.24) is 9.97 Å². The van der Waals surface area contributed by atoms with E-state index in [1.165, 1.54) is 0 Å². The molecule has 1 aromatic heterocycles. The standard InChI is InChI=1S/C11H11N3O/c12-11-13-7-6-9(14-11)8-15-10-4-2-1-3-5-10/h1-7H,8H2,(H2,12,13,14). The summed E-state index contributed by atoms with van der Waals surface area (Å²) in [5.41, 5.74) is 6.22. The van der Waals surface area contributed by atoms with E-state index in [0.29, 0.717) is 6.61 Å². The molecule has 1 aromatic carbocycles. The highest BCUT2D eigenvalue weighted by Crippen LogP contribution is 2.10. The van der Waals surface area contributed by atoms with Crippen molar-refractivity contribution in [1.29, 1.82) is 0 Å². The van der Waals surface area contributed by atoms with Gasteiger partial charge in [0.05, 0.1) is 5.69 Å². The summed E-state index contributed by atoms with van der Waals surface area (Å²) in [4.78, 5) is 7.84. The molecule has 0 saturated heterocycles. The van der Waals surface area contributed by atoms with Crippen LogP contribution in [0, 0.1) is 0 Å². The molecular formula is C11H11N3O. The summed E-state index contributed by atoms with van der Waals surface area (Å²) in [6.07, 6.45) is 1.62. The maximum atomic E-state index is 5.50. The van der Waals surface area contributed by atoms with E-state index in [0.717, 1.165) is 11.4 Å². The van der Waals surface area contributed by atoms with Crippen molar-refractivity contribution in [2.75, 3.05) is 5.73 Å². The quantitative estimate of drug-likeness (QED) is 0.820. The molecule has 0 unspecified atom stereocenters. The molecule has 0 spiro atoms. The van der Waals surface area contributed by atoms with Crippen LogP contribution in [0.2, 0.25) is 0 Å². The molecular weight excluding hydrogens is 190 g/mol. The van der Waals surface area contributed by atoms with Gasteiger partial charge in [0.25, 0.3) is 0 Å². The second kappa shape index (κ2) is 4.41. The number of hydrogen-bond acceptors (Lipinski definition) is 4. The van der Waals surface area contributed by atoms with Crippen LogP contribution >= 0.6 is 0 Å². The zero-order valence-corrected chi connectivity index (χ0v) is 8.13. The summed E-state index contributed by atoms with van der Waals surface area (Å²) in [7, 11) is 0. The van der Waals surface area contributed by atoms with Crippen LogP contribution in [0.4, 0.5) is 5.95 Å². The van der Waals surface area contributed by atoms with E-state index in [1.54, 1.807) is 12.3 Å². The lowest BCUT2D eigenvalue weighted by Crippen LogP contribution is -2.02. The van der Waals surface area contributed by atoms with Gasteiger partial charge in [-0.05, 0) is 18.2 Å². The number of rotatable bonds is 3. The number of aromatic nitrogens is 2. The molecule has 2 N–H and O–H groups in total. The van der Waals surface area contributed by atoms with Gasteiger partial charge in [0, 0.05) is 6.20 Å². The minimum atomic E-state index is 0.268. The molecule has 4 nitrogen and oxygen atoms in total. The van der Waals surface area contributed by atoms with E-state index >= 15 is 0 Å². The van der Waals surface area contributed by atoms with E-state index < -0.39 is 0 Å². The number of anilines is 1. The third kappa shape index (κ3) is 2.67. The Hall–Kier alpha value is -2.10. The van der Waals surface area contributed by atoms with Crippen molar-refractivity contribution in [3.63, 3.8) is 0 Å². The molecule has 2 aromatic rings. The average molecular weight is 201 g/mol. The van der Waals surface area contributed by atoms with Crippen LogP contribution in [0.25, 0.3) is 0 Å². The van der Waals surface area contributed by atoms with Gasteiger partial charge >= 0.3 is 0 Å². The predicted molar refractivity (Wildman–Crippen MR) is 57.2 cm³/mol. The monoisotopic (exact) mass is 201 g/mol. The summed E-state index contributed by atoms with van der Waals surface area (Å²) in [6.45, 7) is 0.400. The van der Waals surface area contributed by atoms with E-state index in [-0.39, 0.29) is 5.95 Å².